The SMILES string of the molecule is Cc1ccc(C[C@@H]2CN(CC(N)=O)CCN2C(=O)c2cc(C(F)(F)F)cc(C(F)(F)F)c2)cc1C. The van der Waals surface area contributed by atoms with Crippen LogP contribution in [0.5, 0.6) is 0 Å². The number of halogens is 6. The Hall–Kier alpha value is -3.08. The molecule has 2 aromatic rings. The molecule has 3 rings (SSSR count). The minimum atomic E-state index is -5.06. The second kappa shape index (κ2) is 9.88. The van der Waals surface area contributed by atoms with Crippen molar-refractivity contribution in [3.8, 4) is 0 Å². The van der Waals surface area contributed by atoms with E-state index in [1.54, 1.807) is 4.90 Å². The molecular formula is C24H25F6N3O2. The molecule has 0 spiro atoms. The lowest BCUT2D eigenvalue weighted by atomic mass is 9.97. The fraction of sp³-hybridized carbons (Fsp3) is 0.417. The lowest BCUT2D eigenvalue weighted by molar-refractivity contribution is -0.143. The van der Waals surface area contributed by atoms with E-state index in [2.05, 4.69) is 0 Å². The van der Waals surface area contributed by atoms with Crippen molar-refractivity contribution in [1.82, 2.24) is 9.80 Å². The highest BCUT2D eigenvalue weighted by Crippen LogP contribution is 2.37. The van der Waals surface area contributed by atoms with Crippen molar-refractivity contribution >= 4 is 11.8 Å². The Morgan fingerprint density at radius 1 is 0.914 bits per heavy atom. The van der Waals surface area contributed by atoms with Crippen LogP contribution in [0.15, 0.2) is 36.4 Å². The number of hydrogen-bond acceptors (Lipinski definition) is 3. The van der Waals surface area contributed by atoms with Gasteiger partial charge < -0.3 is 10.6 Å². The maximum Gasteiger partial charge on any atom is 0.416 e. The normalized spacial score (nSPS) is 17.5. The van der Waals surface area contributed by atoms with Gasteiger partial charge in [0.2, 0.25) is 5.91 Å². The van der Waals surface area contributed by atoms with Crippen LogP contribution in [-0.4, -0.2) is 53.8 Å². The Morgan fingerprint density at radius 3 is 2.03 bits per heavy atom. The number of aryl methyl sites for hydroxylation is 2. The second-order valence-electron chi connectivity index (χ2n) is 8.77. The van der Waals surface area contributed by atoms with Crippen LogP contribution in [0.1, 0.15) is 38.2 Å². The number of primary amides is 1. The van der Waals surface area contributed by atoms with Gasteiger partial charge in [-0.05, 0) is 55.2 Å². The van der Waals surface area contributed by atoms with Crippen LogP contribution >= 0.6 is 0 Å². The third-order valence-corrected chi connectivity index (χ3v) is 6.08. The number of carbonyl (C=O) groups excluding carboxylic acids is 2. The van der Waals surface area contributed by atoms with Crippen molar-refractivity contribution in [2.45, 2.75) is 38.7 Å². The number of nitrogens with two attached hydrogens (primary N) is 1. The first-order chi connectivity index (χ1) is 16.1. The lowest BCUT2D eigenvalue weighted by Gasteiger charge is -2.41. The van der Waals surface area contributed by atoms with Crippen LogP contribution in [0.25, 0.3) is 0 Å². The smallest absolute Gasteiger partial charge is 0.369 e. The van der Waals surface area contributed by atoms with E-state index in [0.717, 1.165) is 16.7 Å². The zero-order valence-electron chi connectivity index (χ0n) is 19.1. The summed E-state index contributed by atoms with van der Waals surface area (Å²) in [5.41, 5.74) is 4.38. The monoisotopic (exact) mass is 501 g/mol. The number of carbonyl (C=O) groups is 2. The van der Waals surface area contributed by atoms with Gasteiger partial charge in [-0.1, -0.05) is 18.2 Å². The molecule has 0 radical (unpaired) electrons. The summed E-state index contributed by atoms with van der Waals surface area (Å²) in [6.45, 7) is 4.15. The maximum absolute atomic E-state index is 13.3. The van der Waals surface area contributed by atoms with Crippen LogP contribution in [0, 0.1) is 13.8 Å². The van der Waals surface area contributed by atoms with E-state index in [-0.39, 0.29) is 32.2 Å². The molecule has 0 saturated carbocycles. The fourth-order valence-corrected chi connectivity index (χ4v) is 4.17. The molecule has 0 bridgehead atoms. The summed E-state index contributed by atoms with van der Waals surface area (Å²) in [5.74, 6) is -1.52. The molecule has 0 unspecified atom stereocenters. The van der Waals surface area contributed by atoms with Crippen LogP contribution in [0.4, 0.5) is 26.3 Å². The van der Waals surface area contributed by atoms with Gasteiger partial charge in [-0.3, -0.25) is 14.5 Å². The van der Waals surface area contributed by atoms with Crippen molar-refractivity contribution in [1.29, 1.82) is 0 Å². The zero-order chi connectivity index (χ0) is 26.1. The van der Waals surface area contributed by atoms with Gasteiger partial charge in [0.15, 0.2) is 0 Å². The molecule has 11 heteroatoms. The van der Waals surface area contributed by atoms with Crippen molar-refractivity contribution in [2.24, 2.45) is 5.73 Å². The molecule has 1 aliphatic heterocycles. The Kier molecular flexibility index (Phi) is 7.49. The molecule has 2 aromatic carbocycles. The molecule has 2 amide bonds. The van der Waals surface area contributed by atoms with Gasteiger partial charge >= 0.3 is 12.4 Å². The Balaban J connectivity index is 1.98. The van der Waals surface area contributed by atoms with E-state index in [4.69, 9.17) is 5.73 Å². The third-order valence-electron chi connectivity index (χ3n) is 6.08. The van der Waals surface area contributed by atoms with E-state index in [1.807, 2.05) is 32.0 Å². The zero-order valence-corrected chi connectivity index (χ0v) is 19.1. The summed E-state index contributed by atoms with van der Waals surface area (Å²) in [6, 6.07) is 5.95. The summed E-state index contributed by atoms with van der Waals surface area (Å²) >= 11 is 0. The molecule has 1 atom stereocenters. The van der Waals surface area contributed by atoms with Gasteiger partial charge in [0, 0.05) is 31.2 Å². The number of nitrogens with zero attached hydrogens (tertiary/aromatic N) is 2. The second-order valence-corrected chi connectivity index (χ2v) is 8.77. The molecule has 1 aliphatic rings. The number of piperazine rings is 1. The number of alkyl halides is 6. The van der Waals surface area contributed by atoms with Crippen molar-refractivity contribution in [3.05, 3.63) is 69.8 Å². The highest BCUT2D eigenvalue weighted by molar-refractivity contribution is 5.95. The first-order valence-electron chi connectivity index (χ1n) is 10.8. The molecule has 190 valence electrons. The van der Waals surface area contributed by atoms with Crippen LogP contribution in [-0.2, 0) is 23.6 Å². The Labute approximate surface area is 198 Å². The third kappa shape index (κ3) is 6.53. The van der Waals surface area contributed by atoms with Gasteiger partial charge in [0.05, 0.1) is 17.7 Å². The fourth-order valence-electron chi connectivity index (χ4n) is 4.17. The van der Waals surface area contributed by atoms with Crippen LogP contribution in [0.3, 0.4) is 0 Å². The van der Waals surface area contributed by atoms with Crippen molar-refractivity contribution in [3.63, 3.8) is 0 Å². The number of hydrogen-bond donors (Lipinski definition) is 1. The van der Waals surface area contributed by atoms with E-state index < -0.39 is 46.9 Å². The predicted molar refractivity (Wildman–Crippen MR) is 117 cm³/mol. The molecule has 5 nitrogen and oxygen atoms in total. The van der Waals surface area contributed by atoms with E-state index in [9.17, 15) is 35.9 Å². The standard InChI is InChI=1S/C24H25F6N3O2/c1-14-3-4-16(7-15(14)2)8-20-12-32(13-21(31)34)5-6-33(20)22(35)17-9-18(23(25,26)27)11-19(10-17)24(28,29)30/h3-4,7,9-11,20H,5-6,8,12-13H2,1-2H3,(H2,31,34)/t20-/m1/s1. The van der Waals surface area contributed by atoms with Crippen molar-refractivity contribution in [2.75, 3.05) is 26.2 Å². The molecule has 1 heterocycles. The van der Waals surface area contributed by atoms with Crippen molar-refractivity contribution < 1.29 is 35.9 Å². The van der Waals surface area contributed by atoms with Gasteiger partial charge in [0.25, 0.3) is 5.91 Å². The minimum Gasteiger partial charge on any atom is -0.369 e. The van der Waals surface area contributed by atoms with Gasteiger partial charge in [0.1, 0.15) is 0 Å². The first-order valence-corrected chi connectivity index (χ1v) is 10.8. The van der Waals surface area contributed by atoms with Gasteiger partial charge in [-0.25, -0.2) is 0 Å². The molecule has 1 saturated heterocycles. The Morgan fingerprint density at radius 2 is 1.51 bits per heavy atom. The summed E-state index contributed by atoms with van der Waals surface area (Å²) < 4.78 is 79.8. The topological polar surface area (TPSA) is 66.6 Å². The lowest BCUT2D eigenvalue weighted by Crippen LogP contribution is -2.57. The molecule has 0 aliphatic carbocycles. The average molecular weight is 501 g/mol. The van der Waals surface area contributed by atoms with Crippen LogP contribution in [0.2, 0.25) is 0 Å². The summed E-state index contributed by atoms with van der Waals surface area (Å²) in [6.07, 6.45) is -9.82. The summed E-state index contributed by atoms with van der Waals surface area (Å²) in [4.78, 5) is 27.7. The highest BCUT2D eigenvalue weighted by atomic mass is 19.4. The highest BCUT2D eigenvalue weighted by Gasteiger charge is 2.39. The maximum atomic E-state index is 13.3. The molecular weight excluding hydrogens is 476 g/mol. The van der Waals surface area contributed by atoms with Crippen LogP contribution < -0.4 is 5.73 Å². The number of rotatable bonds is 5. The van der Waals surface area contributed by atoms with E-state index >= 15 is 0 Å². The molecule has 0 aromatic heterocycles. The molecule has 1 fully saturated rings. The average Bonchev–Trinajstić information content (AvgIpc) is 2.74. The summed E-state index contributed by atoms with van der Waals surface area (Å²) in [5, 5.41) is 0. The quantitative estimate of drug-likeness (QED) is 0.625. The molecule has 35 heavy (non-hydrogen) atoms. The Bertz CT molecular complexity index is 1080. The van der Waals surface area contributed by atoms with Gasteiger partial charge in [-0.15, -0.1) is 0 Å². The summed E-state index contributed by atoms with van der Waals surface area (Å²) in [7, 11) is 0. The first kappa shape index (κ1) is 26.5. The number of amides is 2. The predicted octanol–water partition coefficient (Wildman–Crippen LogP) is 4.20. The van der Waals surface area contributed by atoms with E-state index in [1.165, 1.54) is 4.90 Å². The number of benzene rings is 2. The molecule has 2 N–H and O–H groups in total. The van der Waals surface area contributed by atoms with E-state index in [0.29, 0.717) is 18.6 Å². The van der Waals surface area contributed by atoms with Gasteiger partial charge in [-0.2, -0.15) is 26.3 Å². The minimum absolute atomic E-state index is 0.00581. The largest absolute Gasteiger partial charge is 0.416 e.